The number of esters is 4. The van der Waals surface area contributed by atoms with Crippen molar-refractivity contribution in [3.63, 3.8) is 0 Å². The molecule has 0 rings (SSSR count). The third kappa shape index (κ3) is 72.8. The number of rotatable bonds is 77. The zero-order valence-corrected chi connectivity index (χ0v) is 66.9. The summed E-state index contributed by atoms with van der Waals surface area (Å²) in [6.45, 7) is 14.2. The minimum Gasteiger partial charge on any atom is -0.462 e. The van der Waals surface area contributed by atoms with Gasteiger partial charge in [0.05, 0.1) is 26.4 Å². The molecule has 0 heterocycles. The number of hydrogen-bond acceptors (Lipinski definition) is 15. The molecule has 19 heteroatoms. The summed E-state index contributed by atoms with van der Waals surface area (Å²) in [7, 11) is -9.92. The van der Waals surface area contributed by atoms with Crippen molar-refractivity contribution in [1.82, 2.24) is 0 Å². The molecule has 0 fully saturated rings. The van der Waals surface area contributed by atoms with E-state index in [0.717, 1.165) is 115 Å². The molecule has 99 heavy (non-hydrogen) atoms. The maximum Gasteiger partial charge on any atom is 0.472 e. The molecule has 0 radical (unpaired) electrons. The van der Waals surface area contributed by atoms with Crippen molar-refractivity contribution >= 4 is 39.5 Å². The Kier molecular flexibility index (Phi) is 67.8. The zero-order chi connectivity index (χ0) is 73.1. The fourth-order valence-electron chi connectivity index (χ4n) is 12.2. The Morgan fingerprint density at radius 3 is 0.717 bits per heavy atom. The van der Waals surface area contributed by atoms with Crippen LogP contribution in [0.25, 0.3) is 0 Å². The van der Waals surface area contributed by atoms with Crippen LogP contribution in [0.2, 0.25) is 0 Å². The molecule has 6 atom stereocenters. The van der Waals surface area contributed by atoms with Crippen LogP contribution in [0.5, 0.6) is 0 Å². The van der Waals surface area contributed by atoms with E-state index in [0.29, 0.717) is 37.5 Å². The van der Waals surface area contributed by atoms with E-state index in [9.17, 15) is 43.2 Å². The van der Waals surface area contributed by atoms with Crippen LogP contribution >= 0.6 is 15.6 Å². The van der Waals surface area contributed by atoms with Gasteiger partial charge in [-0.25, -0.2) is 9.13 Å². The maximum atomic E-state index is 13.1. The van der Waals surface area contributed by atoms with Crippen LogP contribution in [0, 0.1) is 23.7 Å². The van der Waals surface area contributed by atoms with Crippen molar-refractivity contribution in [3.05, 3.63) is 0 Å². The quantitative estimate of drug-likeness (QED) is 0.0222. The number of unbranched alkanes of at least 4 members (excludes halogenated alkanes) is 42. The molecule has 0 aromatic heterocycles. The van der Waals surface area contributed by atoms with E-state index >= 15 is 0 Å². The molecular weight excluding hydrogens is 1290 g/mol. The summed E-state index contributed by atoms with van der Waals surface area (Å²) in [5.41, 5.74) is 0. The largest absolute Gasteiger partial charge is 0.472 e. The lowest BCUT2D eigenvalue weighted by atomic mass is 9.99. The van der Waals surface area contributed by atoms with E-state index in [1.165, 1.54) is 199 Å². The number of aliphatic hydroxyl groups is 1. The molecular formula is C80H156O17P2. The second-order valence-corrected chi connectivity index (χ2v) is 33.4. The molecule has 3 N–H and O–H groups in total. The van der Waals surface area contributed by atoms with E-state index in [4.69, 9.17) is 37.0 Å². The highest BCUT2D eigenvalue weighted by atomic mass is 31.2. The molecule has 0 spiro atoms. The van der Waals surface area contributed by atoms with Crippen molar-refractivity contribution in [2.24, 2.45) is 23.7 Å². The van der Waals surface area contributed by atoms with Gasteiger partial charge in [-0.3, -0.25) is 37.3 Å². The molecule has 0 aliphatic carbocycles. The fourth-order valence-corrected chi connectivity index (χ4v) is 13.8. The first kappa shape index (κ1) is 97.1. The second kappa shape index (κ2) is 69.1. The lowest BCUT2D eigenvalue weighted by Gasteiger charge is -2.21. The van der Waals surface area contributed by atoms with E-state index in [-0.39, 0.29) is 25.7 Å². The summed E-state index contributed by atoms with van der Waals surface area (Å²) in [5, 5.41) is 10.6. The van der Waals surface area contributed by atoms with Gasteiger partial charge in [-0.1, -0.05) is 357 Å². The second-order valence-electron chi connectivity index (χ2n) is 30.5. The van der Waals surface area contributed by atoms with Gasteiger partial charge >= 0.3 is 39.5 Å². The Balaban J connectivity index is 5.14. The number of hydrogen-bond donors (Lipinski definition) is 3. The minimum atomic E-state index is -4.96. The summed E-state index contributed by atoms with van der Waals surface area (Å²) in [5.74, 6) is 0.938. The van der Waals surface area contributed by atoms with Crippen LogP contribution in [0.4, 0.5) is 0 Å². The number of phosphoric ester groups is 2. The van der Waals surface area contributed by atoms with Gasteiger partial charge in [0.15, 0.2) is 12.2 Å². The van der Waals surface area contributed by atoms with Gasteiger partial charge in [0.25, 0.3) is 0 Å². The molecule has 0 aliphatic heterocycles. The molecule has 0 amide bonds. The first-order valence-corrected chi connectivity index (χ1v) is 44.2. The number of phosphoric acid groups is 2. The first-order valence-electron chi connectivity index (χ1n) is 41.2. The number of carbonyl (C=O) groups excluding carboxylic acids is 4. The Morgan fingerprint density at radius 1 is 0.283 bits per heavy atom. The van der Waals surface area contributed by atoms with Gasteiger partial charge < -0.3 is 33.8 Å². The molecule has 0 saturated carbocycles. The van der Waals surface area contributed by atoms with Crippen LogP contribution in [-0.4, -0.2) is 96.7 Å². The van der Waals surface area contributed by atoms with E-state index < -0.39 is 97.5 Å². The number of carbonyl (C=O) groups is 4. The summed E-state index contributed by atoms with van der Waals surface area (Å²) in [6.07, 6.45) is 55.9. The first-order chi connectivity index (χ1) is 47.6. The molecule has 588 valence electrons. The maximum absolute atomic E-state index is 13.1. The Hall–Kier alpha value is -1.94. The summed E-state index contributed by atoms with van der Waals surface area (Å²) >= 11 is 0. The predicted molar refractivity (Wildman–Crippen MR) is 404 cm³/mol. The summed E-state index contributed by atoms with van der Waals surface area (Å²) in [6, 6.07) is 0. The van der Waals surface area contributed by atoms with E-state index in [2.05, 4.69) is 55.4 Å². The Labute approximate surface area is 607 Å². The molecule has 0 aliphatic rings. The third-order valence-corrected chi connectivity index (χ3v) is 20.8. The van der Waals surface area contributed by atoms with Crippen LogP contribution < -0.4 is 0 Å². The van der Waals surface area contributed by atoms with Gasteiger partial charge in [-0.05, 0) is 49.4 Å². The van der Waals surface area contributed by atoms with Crippen molar-refractivity contribution < 1.29 is 80.2 Å². The number of ether oxygens (including phenoxy) is 4. The van der Waals surface area contributed by atoms with Gasteiger partial charge in [-0.15, -0.1) is 0 Å². The van der Waals surface area contributed by atoms with Crippen LogP contribution in [-0.2, 0) is 65.4 Å². The Morgan fingerprint density at radius 2 is 0.485 bits per heavy atom. The molecule has 0 saturated heterocycles. The molecule has 4 unspecified atom stereocenters. The van der Waals surface area contributed by atoms with Gasteiger partial charge in [0.1, 0.15) is 19.3 Å². The lowest BCUT2D eigenvalue weighted by molar-refractivity contribution is -0.161. The standard InChI is InChI=1S/C80H156O17P2/c1-9-73(8)59-51-43-34-28-24-20-16-12-10-11-13-17-21-25-29-35-46-54-62-79(84)96-75(66-90-77(82)60-52-44-37-31-33-41-49-57-71(4)5)68-94-98(86,87)92-64-74(81)65-93-99(88,89)95-69-76(67-91-78(83)61-53-45-39-38-42-50-58-72(6)7)97-80(85)63-55-47-36-30-26-22-18-14-15-19-23-27-32-40-48-56-70(2)3/h70-76,81H,9-69H2,1-8H3,(H,86,87)(H,88,89)/t73?,74?,75-,76-/m1/s1. The highest BCUT2D eigenvalue weighted by Gasteiger charge is 2.30. The van der Waals surface area contributed by atoms with Crippen LogP contribution in [0.1, 0.15) is 409 Å². The topological polar surface area (TPSA) is 237 Å². The monoisotopic (exact) mass is 1450 g/mol. The molecule has 17 nitrogen and oxygen atoms in total. The average Bonchev–Trinajstić information content (AvgIpc) is 1.07. The fraction of sp³-hybridized carbons (Fsp3) is 0.950. The number of aliphatic hydroxyl groups excluding tert-OH is 1. The normalized spacial score (nSPS) is 14.3. The summed E-state index contributed by atoms with van der Waals surface area (Å²) < 4.78 is 68.6. The van der Waals surface area contributed by atoms with Crippen molar-refractivity contribution in [3.8, 4) is 0 Å². The van der Waals surface area contributed by atoms with Crippen molar-refractivity contribution in [2.45, 2.75) is 427 Å². The van der Waals surface area contributed by atoms with Crippen molar-refractivity contribution in [2.75, 3.05) is 39.6 Å². The van der Waals surface area contributed by atoms with E-state index in [1.54, 1.807) is 0 Å². The van der Waals surface area contributed by atoms with Crippen molar-refractivity contribution in [1.29, 1.82) is 0 Å². The highest BCUT2D eigenvalue weighted by Crippen LogP contribution is 2.45. The SMILES string of the molecule is CCC(C)CCCCCCCCCCCCCCCCCCCCC(=O)O[C@H](COC(=O)CCCCCCCCCC(C)C)COP(=O)(O)OCC(O)COP(=O)(O)OC[C@@H](COC(=O)CCCCCCCCC(C)C)OC(=O)CCCCCCCCCCCCCCCCCC(C)C. The Bertz CT molecular complexity index is 1940. The van der Waals surface area contributed by atoms with Gasteiger partial charge in [0, 0.05) is 25.7 Å². The van der Waals surface area contributed by atoms with E-state index in [1.807, 2.05) is 0 Å². The minimum absolute atomic E-state index is 0.106. The zero-order valence-electron chi connectivity index (χ0n) is 65.1. The smallest absolute Gasteiger partial charge is 0.462 e. The average molecular weight is 1450 g/mol. The highest BCUT2D eigenvalue weighted by molar-refractivity contribution is 7.47. The molecule has 0 aromatic rings. The molecule has 0 bridgehead atoms. The third-order valence-electron chi connectivity index (χ3n) is 18.9. The lowest BCUT2D eigenvalue weighted by Crippen LogP contribution is -2.30. The van der Waals surface area contributed by atoms with Gasteiger partial charge in [0.2, 0.25) is 0 Å². The summed E-state index contributed by atoms with van der Waals surface area (Å²) in [4.78, 5) is 72.8. The molecule has 0 aromatic carbocycles. The van der Waals surface area contributed by atoms with Crippen LogP contribution in [0.15, 0.2) is 0 Å². The van der Waals surface area contributed by atoms with Gasteiger partial charge in [-0.2, -0.15) is 0 Å². The van der Waals surface area contributed by atoms with Crippen LogP contribution in [0.3, 0.4) is 0 Å². The predicted octanol–water partition coefficient (Wildman–Crippen LogP) is 23.6.